The smallest absolute Gasteiger partial charge is 0.255 e. The van der Waals surface area contributed by atoms with E-state index in [9.17, 15) is 4.79 Å². The largest absolute Gasteiger partial charge is 0.357 e. The van der Waals surface area contributed by atoms with Crippen LogP contribution < -0.4 is 10.6 Å². The number of carbonyl (C=O) groups excluding carboxylic acids is 1. The van der Waals surface area contributed by atoms with E-state index in [0.717, 1.165) is 39.6 Å². The molecule has 2 atom stereocenters. The lowest BCUT2D eigenvalue weighted by Gasteiger charge is -2.32. The number of halogens is 2. The van der Waals surface area contributed by atoms with E-state index in [1.807, 2.05) is 42.5 Å². The number of aromatic nitrogens is 1. The van der Waals surface area contributed by atoms with Crippen LogP contribution in [0.1, 0.15) is 44.7 Å². The molecule has 5 aromatic rings. The van der Waals surface area contributed by atoms with Gasteiger partial charge in [0.05, 0.1) is 6.04 Å². The van der Waals surface area contributed by atoms with Gasteiger partial charge in [0.1, 0.15) is 0 Å². The summed E-state index contributed by atoms with van der Waals surface area (Å²) in [6, 6.07) is 31.2. The summed E-state index contributed by atoms with van der Waals surface area (Å²) in [4.78, 5) is 16.4. The number of H-pyrrole nitrogens is 1. The number of hydrogen-bond acceptors (Lipinski definition) is 2. The number of rotatable bonds is 4. The van der Waals surface area contributed by atoms with Crippen LogP contribution in [0.25, 0.3) is 10.9 Å². The molecule has 4 aromatic carbocycles. The molecule has 0 fully saturated rings. The maximum absolute atomic E-state index is 12.8. The molecule has 0 spiro atoms. The number of para-hydroxylation sites is 1. The van der Waals surface area contributed by atoms with Gasteiger partial charge in [-0.2, -0.15) is 0 Å². The van der Waals surface area contributed by atoms with Crippen LogP contribution >= 0.6 is 23.2 Å². The van der Waals surface area contributed by atoms with E-state index in [4.69, 9.17) is 23.2 Å². The van der Waals surface area contributed by atoms with Crippen LogP contribution in [0.4, 0.5) is 5.69 Å². The molecule has 178 valence electrons. The van der Waals surface area contributed by atoms with Crippen molar-refractivity contribution in [3.8, 4) is 0 Å². The van der Waals surface area contributed by atoms with E-state index >= 15 is 0 Å². The van der Waals surface area contributed by atoms with Gasteiger partial charge in [-0.25, -0.2) is 0 Å². The molecular formula is C30H23Cl2N3O. The normalized spacial score (nSPS) is 17.1. The summed E-state index contributed by atoms with van der Waals surface area (Å²) < 4.78 is 0. The van der Waals surface area contributed by atoms with Gasteiger partial charge in [-0.1, -0.05) is 71.7 Å². The Bertz CT molecular complexity index is 1580. The third-order valence-corrected chi connectivity index (χ3v) is 7.40. The Balaban J connectivity index is 1.38. The van der Waals surface area contributed by atoms with Gasteiger partial charge in [-0.3, -0.25) is 4.79 Å². The van der Waals surface area contributed by atoms with E-state index < -0.39 is 0 Å². The molecular weight excluding hydrogens is 489 g/mol. The van der Waals surface area contributed by atoms with Gasteiger partial charge in [0.25, 0.3) is 5.91 Å². The van der Waals surface area contributed by atoms with Crippen LogP contribution in [-0.2, 0) is 0 Å². The summed E-state index contributed by atoms with van der Waals surface area (Å²) in [6.07, 6.45) is 0. The molecule has 1 aliphatic rings. The van der Waals surface area contributed by atoms with E-state index in [2.05, 4.69) is 45.9 Å². The molecule has 2 heterocycles. The molecule has 1 amide bonds. The molecule has 6 rings (SSSR count). The van der Waals surface area contributed by atoms with E-state index in [1.54, 1.807) is 24.3 Å². The number of hydrogen-bond donors (Lipinski definition) is 3. The molecule has 0 bridgehead atoms. The Morgan fingerprint density at radius 2 is 1.64 bits per heavy atom. The predicted octanol–water partition coefficient (Wildman–Crippen LogP) is 7.55. The van der Waals surface area contributed by atoms with E-state index in [-0.39, 0.29) is 17.9 Å². The molecule has 0 unspecified atom stereocenters. The lowest BCUT2D eigenvalue weighted by atomic mass is 9.83. The zero-order valence-electron chi connectivity index (χ0n) is 19.3. The third-order valence-electron chi connectivity index (χ3n) is 6.80. The summed E-state index contributed by atoms with van der Waals surface area (Å²) in [5.74, 6) is -0.0561. The summed E-state index contributed by atoms with van der Waals surface area (Å²) in [5.41, 5.74) is 6.95. The quantitative estimate of drug-likeness (QED) is 0.233. The Hall–Kier alpha value is -3.57. The van der Waals surface area contributed by atoms with E-state index in [0.29, 0.717) is 10.6 Å². The van der Waals surface area contributed by atoms with Gasteiger partial charge in [0.2, 0.25) is 0 Å². The molecule has 0 radical (unpaired) electrons. The topological polar surface area (TPSA) is 56.9 Å². The minimum Gasteiger partial charge on any atom is -0.357 e. The number of fused-ring (bicyclic) bond motifs is 3. The van der Waals surface area contributed by atoms with Gasteiger partial charge < -0.3 is 15.6 Å². The van der Waals surface area contributed by atoms with Crippen molar-refractivity contribution >= 4 is 45.7 Å². The molecule has 0 saturated carbocycles. The maximum Gasteiger partial charge on any atom is 0.255 e. The number of anilines is 1. The van der Waals surface area contributed by atoms with Gasteiger partial charge in [-0.05, 0) is 65.2 Å². The zero-order valence-corrected chi connectivity index (χ0v) is 20.8. The highest BCUT2D eigenvalue weighted by molar-refractivity contribution is 6.31. The number of benzene rings is 4. The average molecular weight is 512 g/mol. The van der Waals surface area contributed by atoms with Crippen molar-refractivity contribution in [2.45, 2.75) is 12.0 Å². The zero-order chi connectivity index (χ0) is 24.6. The Morgan fingerprint density at radius 3 is 2.47 bits per heavy atom. The van der Waals surface area contributed by atoms with Crippen LogP contribution in [0, 0.1) is 0 Å². The first kappa shape index (κ1) is 22.9. The Morgan fingerprint density at radius 1 is 0.861 bits per heavy atom. The van der Waals surface area contributed by atoms with Crippen molar-refractivity contribution in [2.24, 2.45) is 0 Å². The number of amides is 1. The number of nitrogens with one attached hydrogen (secondary N) is 3. The summed E-state index contributed by atoms with van der Waals surface area (Å²) in [6.45, 7) is 0.741. The summed E-state index contributed by atoms with van der Waals surface area (Å²) in [7, 11) is 0. The van der Waals surface area contributed by atoms with Crippen LogP contribution in [0.2, 0.25) is 10.0 Å². The minimum absolute atomic E-state index is 0.0569. The maximum atomic E-state index is 12.8. The van der Waals surface area contributed by atoms with Crippen LogP contribution in [0.15, 0.2) is 97.1 Å². The first-order valence-electron chi connectivity index (χ1n) is 11.8. The van der Waals surface area contributed by atoms with Crippen molar-refractivity contribution in [1.82, 2.24) is 10.3 Å². The average Bonchev–Trinajstić information content (AvgIpc) is 3.29. The molecule has 0 saturated heterocycles. The second-order valence-corrected chi connectivity index (χ2v) is 9.84. The SMILES string of the molecule is O=C(Nc1cccc([C@H]2NC[C@@H](c3ccccc3Cl)c3c2[nH]c2ccccc32)c1)c1ccc(Cl)cc1. The minimum atomic E-state index is -0.175. The van der Waals surface area contributed by atoms with Crippen molar-refractivity contribution in [3.05, 3.63) is 135 Å². The summed E-state index contributed by atoms with van der Waals surface area (Å²) in [5, 5.41) is 9.31. The Kier molecular flexibility index (Phi) is 6.02. The van der Waals surface area contributed by atoms with Gasteiger partial charge in [-0.15, -0.1) is 0 Å². The number of carbonyl (C=O) groups is 1. The van der Waals surface area contributed by atoms with Crippen LogP contribution in [-0.4, -0.2) is 17.4 Å². The van der Waals surface area contributed by atoms with Crippen LogP contribution in [0.5, 0.6) is 0 Å². The highest BCUT2D eigenvalue weighted by atomic mass is 35.5. The first-order valence-corrected chi connectivity index (χ1v) is 12.6. The van der Waals surface area contributed by atoms with Gasteiger partial charge in [0, 0.05) is 50.4 Å². The number of aromatic amines is 1. The first-order chi connectivity index (χ1) is 17.6. The molecule has 36 heavy (non-hydrogen) atoms. The van der Waals surface area contributed by atoms with Crippen molar-refractivity contribution in [1.29, 1.82) is 0 Å². The molecule has 1 aromatic heterocycles. The molecule has 6 heteroatoms. The second-order valence-electron chi connectivity index (χ2n) is 9.00. The standard InChI is InChI=1S/C30H23Cl2N3O/c31-20-14-12-18(13-15-20)30(36)34-21-7-5-6-19(16-21)28-29-27(23-9-2-4-11-26(23)35-29)24(17-33-28)22-8-1-3-10-25(22)32/h1-16,24,28,33,35H,17H2,(H,34,36)/t24-,28+/m0/s1. The third kappa shape index (κ3) is 4.18. The lowest BCUT2D eigenvalue weighted by Crippen LogP contribution is -2.34. The lowest BCUT2D eigenvalue weighted by molar-refractivity contribution is 0.102. The fourth-order valence-electron chi connectivity index (χ4n) is 5.14. The van der Waals surface area contributed by atoms with Crippen molar-refractivity contribution in [3.63, 3.8) is 0 Å². The molecule has 3 N–H and O–H groups in total. The van der Waals surface area contributed by atoms with E-state index in [1.165, 1.54) is 10.9 Å². The fourth-order valence-corrected chi connectivity index (χ4v) is 5.53. The highest BCUT2D eigenvalue weighted by Gasteiger charge is 2.33. The van der Waals surface area contributed by atoms with Crippen molar-refractivity contribution in [2.75, 3.05) is 11.9 Å². The van der Waals surface area contributed by atoms with Crippen molar-refractivity contribution < 1.29 is 4.79 Å². The molecule has 4 nitrogen and oxygen atoms in total. The van der Waals surface area contributed by atoms with Crippen LogP contribution in [0.3, 0.4) is 0 Å². The summed E-state index contributed by atoms with van der Waals surface area (Å²) >= 11 is 12.6. The monoisotopic (exact) mass is 511 g/mol. The molecule has 1 aliphatic heterocycles. The van der Waals surface area contributed by atoms with Gasteiger partial charge in [0.15, 0.2) is 0 Å². The Labute approximate surface area is 219 Å². The van der Waals surface area contributed by atoms with Gasteiger partial charge >= 0.3 is 0 Å². The molecule has 0 aliphatic carbocycles. The predicted molar refractivity (Wildman–Crippen MR) is 147 cm³/mol. The highest BCUT2D eigenvalue weighted by Crippen LogP contribution is 2.43. The second kappa shape index (κ2) is 9.47. The fraction of sp³-hybridized carbons (Fsp3) is 0.100.